The lowest BCUT2D eigenvalue weighted by atomic mass is 9.96. The van der Waals surface area contributed by atoms with Gasteiger partial charge in [-0.3, -0.25) is 0 Å². The molecule has 0 bridgehead atoms. The van der Waals surface area contributed by atoms with Crippen LogP contribution in [0.25, 0.3) is 0 Å². The number of halogens is 2. The molecule has 4 heteroatoms. The molecule has 0 saturated heterocycles. The monoisotopic (exact) mass is 227 g/mol. The molecule has 1 saturated carbocycles. The summed E-state index contributed by atoms with van der Waals surface area (Å²) < 4.78 is 29.0. The number of rotatable bonds is 4. The van der Waals surface area contributed by atoms with Crippen LogP contribution in [-0.2, 0) is 0 Å². The number of hydrogen-bond donors (Lipinski definition) is 0. The number of pyridine rings is 1. The van der Waals surface area contributed by atoms with Gasteiger partial charge in [0.1, 0.15) is 0 Å². The lowest BCUT2D eigenvalue weighted by Crippen LogP contribution is -2.08. The van der Waals surface area contributed by atoms with Gasteiger partial charge in [-0.05, 0) is 36.3 Å². The van der Waals surface area contributed by atoms with Gasteiger partial charge in [0.05, 0.1) is 0 Å². The summed E-state index contributed by atoms with van der Waals surface area (Å²) in [6.45, 7) is 1.14. The maximum Gasteiger partial charge on any atom is 0.388 e. The Morgan fingerprint density at radius 3 is 2.56 bits per heavy atom. The number of nitrogens with zero attached hydrogens (tertiary/aromatic N) is 1. The fourth-order valence-corrected chi connectivity index (χ4v) is 1.98. The summed E-state index contributed by atoms with van der Waals surface area (Å²) in [4.78, 5) is 3.91. The first-order valence-corrected chi connectivity index (χ1v) is 5.53. The molecule has 1 fully saturated rings. The first-order chi connectivity index (χ1) is 7.59. The molecular weight excluding hydrogens is 212 g/mol. The van der Waals surface area contributed by atoms with Crippen LogP contribution in [0.4, 0.5) is 8.78 Å². The number of ether oxygens (including phenoxy) is 1. The van der Waals surface area contributed by atoms with Gasteiger partial charge in [0.2, 0.25) is 5.88 Å². The highest BCUT2D eigenvalue weighted by atomic mass is 19.3. The van der Waals surface area contributed by atoms with E-state index in [4.69, 9.17) is 0 Å². The molecule has 1 aliphatic rings. The van der Waals surface area contributed by atoms with Crippen LogP contribution >= 0.6 is 0 Å². The molecule has 0 amide bonds. The van der Waals surface area contributed by atoms with Crippen LogP contribution in [0, 0.1) is 0 Å². The van der Waals surface area contributed by atoms with Crippen molar-refractivity contribution in [3.05, 3.63) is 23.4 Å². The van der Waals surface area contributed by atoms with E-state index in [1.54, 1.807) is 6.20 Å². The summed E-state index contributed by atoms with van der Waals surface area (Å²) in [7, 11) is 0. The van der Waals surface area contributed by atoms with E-state index >= 15 is 0 Å². The second-order valence-corrected chi connectivity index (χ2v) is 4.43. The Bertz CT molecular complexity index is 375. The molecule has 0 unspecified atom stereocenters. The second kappa shape index (κ2) is 4.36. The minimum absolute atomic E-state index is 0.0920. The topological polar surface area (TPSA) is 22.1 Å². The SMILES string of the molecule is CC(C)c1c(C2CC2)ccnc1OC(F)F. The van der Waals surface area contributed by atoms with Crippen LogP contribution in [-0.4, -0.2) is 11.6 Å². The lowest BCUT2D eigenvalue weighted by Gasteiger charge is -2.16. The van der Waals surface area contributed by atoms with Crippen molar-refractivity contribution < 1.29 is 13.5 Å². The zero-order valence-corrected chi connectivity index (χ0v) is 9.41. The van der Waals surface area contributed by atoms with Crippen molar-refractivity contribution in [2.24, 2.45) is 0 Å². The Morgan fingerprint density at radius 1 is 1.38 bits per heavy atom. The van der Waals surface area contributed by atoms with Crippen LogP contribution in [0.1, 0.15) is 49.7 Å². The summed E-state index contributed by atoms with van der Waals surface area (Å²) in [5, 5.41) is 0. The Hall–Kier alpha value is -1.19. The molecule has 1 aromatic rings. The van der Waals surface area contributed by atoms with E-state index in [1.165, 1.54) is 0 Å². The first-order valence-electron chi connectivity index (χ1n) is 5.53. The van der Waals surface area contributed by atoms with Crippen molar-refractivity contribution in [1.82, 2.24) is 4.98 Å². The maximum absolute atomic E-state index is 12.3. The van der Waals surface area contributed by atoms with Crippen LogP contribution in [0.15, 0.2) is 12.3 Å². The molecule has 0 spiro atoms. The Morgan fingerprint density at radius 2 is 2.06 bits per heavy atom. The van der Waals surface area contributed by atoms with Crippen molar-refractivity contribution in [2.45, 2.75) is 45.1 Å². The van der Waals surface area contributed by atoms with Crippen molar-refractivity contribution in [2.75, 3.05) is 0 Å². The summed E-state index contributed by atoms with van der Waals surface area (Å²) >= 11 is 0. The average molecular weight is 227 g/mol. The highest BCUT2D eigenvalue weighted by Crippen LogP contribution is 2.45. The summed E-state index contributed by atoms with van der Waals surface area (Å²) in [6, 6.07) is 1.92. The zero-order valence-electron chi connectivity index (χ0n) is 9.41. The van der Waals surface area contributed by atoms with Gasteiger partial charge in [-0.25, -0.2) is 4.98 Å². The molecule has 1 aliphatic carbocycles. The molecule has 1 aromatic heterocycles. The molecule has 0 atom stereocenters. The molecule has 0 aromatic carbocycles. The van der Waals surface area contributed by atoms with Gasteiger partial charge in [0.15, 0.2) is 0 Å². The zero-order chi connectivity index (χ0) is 11.7. The first kappa shape index (κ1) is 11.3. The third-order valence-electron chi connectivity index (χ3n) is 2.78. The van der Waals surface area contributed by atoms with Crippen LogP contribution < -0.4 is 4.74 Å². The minimum Gasteiger partial charge on any atom is -0.417 e. The Balaban J connectivity index is 2.38. The lowest BCUT2D eigenvalue weighted by molar-refractivity contribution is -0.0536. The molecule has 2 nitrogen and oxygen atoms in total. The van der Waals surface area contributed by atoms with Gasteiger partial charge in [-0.2, -0.15) is 8.78 Å². The van der Waals surface area contributed by atoms with Gasteiger partial charge in [-0.15, -0.1) is 0 Å². The minimum atomic E-state index is -2.81. The van der Waals surface area contributed by atoms with E-state index in [1.807, 2.05) is 19.9 Å². The average Bonchev–Trinajstić information content (AvgIpc) is 2.98. The van der Waals surface area contributed by atoms with Gasteiger partial charge in [-0.1, -0.05) is 13.8 Å². The highest BCUT2D eigenvalue weighted by molar-refractivity contribution is 5.41. The van der Waals surface area contributed by atoms with E-state index in [0.717, 1.165) is 24.0 Å². The van der Waals surface area contributed by atoms with E-state index in [9.17, 15) is 8.78 Å². The molecule has 88 valence electrons. The van der Waals surface area contributed by atoms with Crippen LogP contribution in [0.5, 0.6) is 5.88 Å². The van der Waals surface area contributed by atoms with E-state index in [2.05, 4.69) is 9.72 Å². The van der Waals surface area contributed by atoms with Gasteiger partial charge in [0.25, 0.3) is 0 Å². The van der Waals surface area contributed by atoms with Crippen LogP contribution in [0.3, 0.4) is 0 Å². The van der Waals surface area contributed by atoms with Crippen molar-refractivity contribution in [1.29, 1.82) is 0 Å². The third-order valence-corrected chi connectivity index (χ3v) is 2.78. The third kappa shape index (κ3) is 2.31. The standard InChI is InChI=1S/C12H15F2NO/c1-7(2)10-9(8-3-4-8)5-6-15-11(10)16-12(13)14/h5-8,12H,3-4H2,1-2H3. The van der Waals surface area contributed by atoms with Crippen molar-refractivity contribution in [3.8, 4) is 5.88 Å². The number of hydrogen-bond acceptors (Lipinski definition) is 2. The molecular formula is C12H15F2NO. The van der Waals surface area contributed by atoms with Gasteiger partial charge < -0.3 is 4.74 Å². The quantitative estimate of drug-likeness (QED) is 0.782. The summed E-state index contributed by atoms with van der Waals surface area (Å²) in [5.74, 6) is 0.757. The maximum atomic E-state index is 12.3. The molecule has 1 heterocycles. The van der Waals surface area contributed by atoms with E-state index in [-0.39, 0.29) is 11.8 Å². The molecule has 0 aliphatic heterocycles. The summed E-state index contributed by atoms with van der Waals surface area (Å²) in [6.07, 6.45) is 3.83. The summed E-state index contributed by atoms with van der Waals surface area (Å²) in [5.41, 5.74) is 1.96. The number of alkyl halides is 2. The van der Waals surface area contributed by atoms with Crippen molar-refractivity contribution in [3.63, 3.8) is 0 Å². The van der Waals surface area contributed by atoms with E-state index < -0.39 is 6.61 Å². The van der Waals surface area contributed by atoms with Gasteiger partial charge in [0, 0.05) is 11.8 Å². The Kier molecular flexibility index (Phi) is 3.08. The Labute approximate surface area is 93.6 Å². The predicted octanol–water partition coefficient (Wildman–Crippen LogP) is 3.68. The molecule has 16 heavy (non-hydrogen) atoms. The van der Waals surface area contributed by atoms with E-state index in [0.29, 0.717) is 5.92 Å². The van der Waals surface area contributed by atoms with Gasteiger partial charge >= 0.3 is 6.61 Å². The molecule has 2 rings (SSSR count). The number of aromatic nitrogens is 1. The second-order valence-electron chi connectivity index (χ2n) is 4.43. The van der Waals surface area contributed by atoms with Crippen LogP contribution in [0.2, 0.25) is 0 Å². The fraction of sp³-hybridized carbons (Fsp3) is 0.583. The highest BCUT2D eigenvalue weighted by Gasteiger charge is 2.29. The molecule has 0 radical (unpaired) electrons. The van der Waals surface area contributed by atoms with Crippen molar-refractivity contribution >= 4 is 0 Å². The predicted molar refractivity (Wildman–Crippen MR) is 56.9 cm³/mol. The normalized spacial score (nSPS) is 15.9. The fourth-order valence-electron chi connectivity index (χ4n) is 1.98. The smallest absolute Gasteiger partial charge is 0.388 e. The molecule has 0 N–H and O–H groups in total. The largest absolute Gasteiger partial charge is 0.417 e.